The zero-order valence-corrected chi connectivity index (χ0v) is 18.1. The van der Waals surface area contributed by atoms with Gasteiger partial charge in [0.15, 0.2) is 0 Å². The molecule has 1 aromatic carbocycles. The summed E-state index contributed by atoms with van der Waals surface area (Å²) in [6.45, 7) is 6.72. The van der Waals surface area contributed by atoms with Gasteiger partial charge in [-0.15, -0.1) is 10.2 Å². The highest BCUT2D eigenvalue weighted by atomic mass is 79.9. The molecular formula is C19H23BrN4O2S. The van der Waals surface area contributed by atoms with Crippen molar-refractivity contribution >= 4 is 44.2 Å². The van der Waals surface area contributed by atoms with Crippen molar-refractivity contribution in [3.63, 3.8) is 0 Å². The van der Waals surface area contributed by atoms with Gasteiger partial charge in [-0.1, -0.05) is 60.2 Å². The Hall–Kier alpha value is -1.80. The Kier molecular flexibility index (Phi) is 5.95. The quantitative estimate of drug-likeness (QED) is 0.751. The van der Waals surface area contributed by atoms with Crippen molar-refractivity contribution in [3.05, 3.63) is 28.7 Å². The van der Waals surface area contributed by atoms with Crippen molar-refractivity contribution in [2.45, 2.75) is 46.1 Å². The number of halogens is 1. The Labute approximate surface area is 171 Å². The highest BCUT2D eigenvalue weighted by Crippen LogP contribution is 2.29. The first-order chi connectivity index (χ1) is 12.7. The first-order valence-electron chi connectivity index (χ1n) is 8.93. The summed E-state index contributed by atoms with van der Waals surface area (Å²) in [4.78, 5) is 27.0. The molecule has 1 N–H and O–H groups in total. The fraction of sp³-hybridized carbons (Fsp3) is 0.474. The third-order valence-electron chi connectivity index (χ3n) is 4.28. The first-order valence-corrected chi connectivity index (χ1v) is 10.5. The summed E-state index contributed by atoms with van der Waals surface area (Å²) < 4.78 is 0.958. The van der Waals surface area contributed by atoms with Crippen molar-refractivity contribution in [1.82, 2.24) is 15.1 Å². The number of nitrogens with zero attached hydrogens (tertiary/aromatic N) is 3. The Bertz CT molecular complexity index is 846. The smallest absolute Gasteiger partial charge is 0.249 e. The number of aromatic nitrogens is 2. The average molecular weight is 451 g/mol. The van der Waals surface area contributed by atoms with Crippen LogP contribution in [0.3, 0.4) is 0 Å². The summed E-state index contributed by atoms with van der Waals surface area (Å²) in [5, 5.41) is 12.3. The van der Waals surface area contributed by atoms with Crippen LogP contribution in [0.1, 0.15) is 40.0 Å². The Balaban J connectivity index is 1.67. The molecule has 0 radical (unpaired) electrons. The number of rotatable bonds is 4. The molecule has 2 amide bonds. The molecule has 8 heteroatoms. The maximum absolute atomic E-state index is 12.7. The van der Waals surface area contributed by atoms with Crippen LogP contribution in [0.25, 0.3) is 10.6 Å². The highest BCUT2D eigenvalue weighted by molar-refractivity contribution is 9.10. The van der Waals surface area contributed by atoms with E-state index in [1.54, 1.807) is 4.90 Å². The number of likely N-dealkylation sites (tertiary alicyclic amines) is 1. The lowest BCUT2D eigenvalue weighted by Gasteiger charge is -2.27. The fourth-order valence-corrected chi connectivity index (χ4v) is 4.24. The van der Waals surface area contributed by atoms with E-state index in [9.17, 15) is 9.59 Å². The second kappa shape index (κ2) is 8.06. The van der Waals surface area contributed by atoms with E-state index < -0.39 is 6.04 Å². The monoisotopic (exact) mass is 450 g/mol. The van der Waals surface area contributed by atoms with E-state index in [1.807, 2.05) is 45.0 Å². The van der Waals surface area contributed by atoms with Crippen molar-refractivity contribution in [3.8, 4) is 10.6 Å². The summed E-state index contributed by atoms with van der Waals surface area (Å²) in [5.74, 6) is -0.154. The third-order valence-corrected chi connectivity index (χ3v) is 5.67. The van der Waals surface area contributed by atoms with E-state index in [2.05, 4.69) is 31.4 Å². The zero-order chi connectivity index (χ0) is 19.6. The summed E-state index contributed by atoms with van der Waals surface area (Å²) in [6.07, 6.45) is 1.95. The van der Waals surface area contributed by atoms with Crippen LogP contribution in [-0.4, -0.2) is 39.5 Å². The van der Waals surface area contributed by atoms with Gasteiger partial charge in [0, 0.05) is 23.0 Å². The summed E-state index contributed by atoms with van der Waals surface area (Å²) >= 11 is 4.76. The molecule has 0 aliphatic carbocycles. The average Bonchev–Trinajstić information content (AvgIpc) is 3.22. The molecule has 2 aromatic rings. The standard InChI is InChI=1S/C19H23BrN4O2S/c1-19(2,3)11-15(25)24-9-5-8-14(24)16(26)21-18-23-22-17(27-18)12-6-4-7-13(20)10-12/h4,6-7,10,14H,5,8-9,11H2,1-3H3,(H,21,23,26). The molecule has 1 aliphatic rings. The minimum absolute atomic E-state index is 0.0345. The molecule has 1 fully saturated rings. The lowest BCUT2D eigenvalue weighted by atomic mass is 9.91. The van der Waals surface area contributed by atoms with Gasteiger partial charge < -0.3 is 4.90 Å². The van der Waals surface area contributed by atoms with E-state index in [4.69, 9.17) is 0 Å². The normalized spacial score (nSPS) is 17.2. The number of nitrogens with one attached hydrogen (secondary N) is 1. The number of hydrogen-bond acceptors (Lipinski definition) is 5. The Morgan fingerprint density at radius 2 is 2.11 bits per heavy atom. The molecule has 2 heterocycles. The van der Waals surface area contributed by atoms with Gasteiger partial charge in [0.1, 0.15) is 11.0 Å². The number of amides is 2. The van der Waals surface area contributed by atoms with E-state index in [1.165, 1.54) is 11.3 Å². The van der Waals surface area contributed by atoms with E-state index >= 15 is 0 Å². The van der Waals surface area contributed by atoms with E-state index in [0.717, 1.165) is 21.5 Å². The molecule has 0 spiro atoms. The number of carbonyl (C=O) groups is 2. The number of benzene rings is 1. The van der Waals surface area contributed by atoms with Gasteiger partial charge in [0.25, 0.3) is 0 Å². The SMILES string of the molecule is CC(C)(C)CC(=O)N1CCCC1C(=O)Nc1nnc(-c2cccc(Br)c2)s1. The van der Waals surface area contributed by atoms with Crippen molar-refractivity contribution in [2.75, 3.05) is 11.9 Å². The van der Waals surface area contributed by atoms with Gasteiger partial charge in [-0.05, 0) is 30.4 Å². The molecule has 1 unspecified atom stereocenters. The zero-order valence-electron chi connectivity index (χ0n) is 15.7. The molecule has 1 saturated heterocycles. The van der Waals surface area contributed by atoms with Crippen LogP contribution in [0.4, 0.5) is 5.13 Å². The van der Waals surface area contributed by atoms with Gasteiger partial charge in [0.05, 0.1) is 0 Å². The van der Waals surface area contributed by atoms with Crippen molar-refractivity contribution < 1.29 is 9.59 Å². The highest BCUT2D eigenvalue weighted by Gasteiger charge is 2.35. The molecule has 1 atom stereocenters. The molecule has 0 saturated carbocycles. The molecule has 27 heavy (non-hydrogen) atoms. The van der Waals surface area contributed by atoms with Crippen molar-refractivity contribution in [1.29, 1.82) is 0 Å². The second-order valence-electron chi connectivity index (χ2n) is 7.89. The second-order valence-corrected chi connectivity index (χ2v) is 9.79. The first kappa shape index (κ1) is 19.9. The Morgan fingerprint density at radius 3 is 2.81 bits per heavy atom. The van der Waals surface area contributed by atoms with Crippen LogP contribution < -0.4 is 5.32 Å². The molecule has 6 nitrogen and oxygen atoms in total. The van der Waals surface area contributed by atoms with Gasteiger partial charge in [-0.25, -0.2) is 0 Å². The maximum Gasteiger partial charge on any atom is 0.249 e. The summed E-state index contributed by atoms with van der Waals surface area (Å²) in [5.41, 5.74) is 0.837. The van der Waals surface area contributed by atoms with Crippen LogP contribution in [0.2, 0.25) is 0 Å². The molecular weight excluding hydrogens is 428 g/mol. The van der Waals surface area contributed by atoms with Gasteiger partial charge in [-0.3, -0.25) is 14.9 Å². The Morgan fingerprint density at radius 1 is 1.33 bits per heavy atom. The van der Waals surface area contributed by atoms with E-state index in [0.29, 0.717) is 24.5 Å². The summed E-state index contributed by atoms with van der Waals surface area (Å²) in [7, 11) is 0. The van der Waals surface area contributed by atoms with Crippen molar-refractivity contribution in [2.24, 2.45) is 5.41 Å². The molecule has 1 aromatic heterocycles. The molecule has 3 rings (SSSR count). The number of hydrogen-bond donors (Lipinski definition) is 1. The molecule has 0 bridgehead atoms. The van der Waals surface area contributed by atoms with Crippen LogP contribution in [0, 0.1) is 5.41 Å². The maximum atomic E-state index is 12.7. The van der Waals surface area contributed by atoms with Crippen LogP contribution >= 0.6 is 27.3 Å². The van der Waals surface area contributed by atoms with Gasteiger partial charge in [-0.2, -0.15) is 0 Å². The molecule has 144 valence electrons. The van der Waals surface area contributed by atoms with Crippen LogP contribution in [-0.2, 0) is 9.59 Å². The minimum atomic E-state index is -0.432. The predicted octanol–water partition coefficient (Wildman–Crippen LogP) is 4.33. The van der Waals surface area contributed by atoms with Gasteiger partial charge in [0.2, 0.25) is 16.9 Å². The topological polar surface area (TPSA) is 75.2 Å². The third kappa shape index (κ3) is 5.13. The van der Waals surface area contributed by atoms with Crippen LogP contribution in [0.5, 0.6) is 0 Å². The van der Waals surface area contributed by atoms with E-state index in [-0.39, 0.29) is 17.2 Å². The number of carbonyl (C=O) groups excluding carboxylic acids is 2. The van der Waals surface area contributed by atoms with Crippen LogP contribution in [0.15, 0.2) is 28.7 Å². The predicted molar refractivity (Wildman–Crippen MR) is 110 cm³/mol. The molecule has 1 aliphatic heterocycles. The minimum Gasteiger partial charge on any atom is -0.331 e. The largest absolute Gasteiger partial charge is 0.331 e. The summed E-state index contributed by atoms with van der Waals surface area (Å²) in [6, 6.07) is 7.34. The fourth-order valence-electron chi connectivity index (χ4n) is 3.09. The van der Waals surface area contributed by atoms with Gasteiger partial charge >= 0.3 is 0 Å². The lowest BCUT2D eigenvalue weighted by molar-refractivity contribution is -0.138. The number of anilines is 1. The lowest BCUT2D eigenvalue weighted by Crippen LogP contribution is -2.44.